The highest BCUT2D eigenvalue weighted by atomic mass is 35.5. The predicted molar refractivity (Wildman–Crippen MR) is 43.8 cm³/mol. The van der Waals surface area contributed by atoms with Gasteiger partial charge >= 0.3 is 0 Å². The number of hydrogen-bond donors (Lipinski definition) is 2. The van der Waals surface area contributed by atoms with Gasteiger partial charge < -0.3 is 5.73 Å². The van der Waals surface area contributed by atoms with Crippen molar-refractivity contribution < 1.29 is 0 Å². The van der Waals surface area contributed by atoms with Crippen LogP contribution in [0.4, 0.5) is 0 Å². The van der Waals surface area contributed by atoms with E-state index in [2.05, 4.69) is 5.10 Å². The zero-order valence-corrected chi connectivity index (χ0v) is 6.98. The van der Waals surface area contributed by atoms with Gasteiger partial charge in [-0.1, -0.05) is 11.6 Å². The first-order valence-corrected chi connectivity index (χ1v) is 3.68. The molecule has 3 N–H and O–H groups in total. The second-order valence-corrected chi connectivity index (χ2v) is 2.68. The quantitative estimate of drug-likeness (QED) is 0.658. The highest BCUT2D eigenvalue weighted by molar-refractivity contribution is 6.31. The molecule has 0 fully saturated rings. The fraction of sp³-hybridized carbons (Fsp3) is 0.500. The van der Waals surface area contributed by atoms with Crippen molar-refractivity contribution in [3.05, 3.63) is 21.1 Å². The van der Waals surface area contributed by atoms with E-state index in [1.807, 2.05) is 0 Å². The van der Waals surface area contributed by atoms with Gasteiger partial charge in [0.2, 0.25) is 0 Å². The third-order valence-electron chi connectivity index (χ3n) is 1.51. The Bertz CT molecular complexity index is 301. The molecule has 62 valence electrons. The number of aromatic nitrogens is 2. The van der Waals surface area contributed by atoms with Gasteiger partial charge in [-0.05, 0) is 6.54 Å². The summed E-state index contributed by atoms with van der Waals surface area (Å²) >= 11 is 5.67. The van der Waals surface area contributed by atoms with E-state index in [-0.39, 0.29) is 10.6 Å². The lowest BCUT2D eigenvalue weighted by Crippen LogP contribution is -2.07. The van der Waals surface area contributed by atoms with Crippen molar-refractivity contribution in [2.24, 2.45) is 12.8 Å². The Morgan fingerprint density at radius 3 is 2.73 bits per heavy atom. The van der Waals surface area contributed by atoms with Gasteiger partial charge in [0.1, 0.15) is 5.02 Å². The Morgan fingerprint density at radius 1 is 1.73 bits per heavy atom. The minimum Gasteiger partial charge on any atom is -0.330 e. The standard InChI is InChI=1S/C6H10ClN3O/c1-10-4(2-3-8)5(7)6(11)9-10/h2-3,8H2,1H3,(H,9,11). The van der Waals surface area contributed by atoms with E-state index in [1.165, 1.54) is 0 Å². The van der Waals surface area contributed by atoms with Crippen LogP contribution in [-0.4, -0.2) is 16.3 Å². The molecule has 0 aliphatic carbocycles. The van der Waals surface area contributed by atoms with Crippen molar-refractivity contribution in [2.75, 3.05) is 6.54 Å². The molecule has 11 heavy (non-hydrogen) atoms. The number of halogens is 1. The number of rotatable bonds is 2. The molecule has 0 spiro atoms. The summed E-state index contributed by atoms with van der Waals surface area (Å²) in [6.45, 7) is 0.491. The van der Waals surface area contributed by atoms with Crippen LogP contribution in [0.3, 0.4) is 0 Å². The van der Waals surface area contributed by atoms with E-state index in [4.69, 9.17) is 17.3 Å². The van der Waals surface area contributed by atoms with Crippen LogP contribution in [0.5, 0.6) is 0 Å². The second kappa shape index (κ2) is 3.11. The number of nitrogens with two attached hydrogens (primary N) is 1. The Balaban J connectivity index is 3.12. The molecule has 1 rings (SSSR count). The number of H-pyrrole nitrogens is 1. The Hall–Kier alpha value is -0.740. The van der Waals surface area contributed by atoms with Gasteiger partial charge in [-0.25, -0.2) is 0 Å². The Morgan fingerprint density at radius 2 is 2.36 bits per heavy atom. The van der Waals surface area contributed by atoms with E-state index < -0.39 is 0 Å². The molecule has 0 saturated carbocycles. The fourth-order valence-corrected chi connectivity index (χ4v) is 1.22. The van der Waals surface area contributed by atoms with E-state index in [1.54, 1.807) is 11.7 Å². The summed E-state index contributed by atoms with van der Waals surface area (Å²) in [5.41, 5.74) is 5.83. The zero-order valence-electron chi connectivity index (χ0n) is 6.22. The summed E-state index contributed by atoms with van der Waals surface area (Å²) in [5, 5.41) is 2.78. The molecule has 4 nitrogen and oxygen atoms in total. The maximum Gasteiger partial charge on any atom is 0.283 e. The van der Waals surface area contributed by atoms with Gasteiger partial charge in [0.25, 0.3) is 5.56 Å². The van der Waals surface area contributed by atoms with Crippen LogP contribution in [-0.2, 0) is 13.5 Å². The molecule has 5 heteroatoms. The van der Waals surface area contributed by atoms with Crippen molar-refractivity contribution in [1.29, 1.82) is 0 Å². The van der Waals surface area contributed by atoms with Crippen molar-refractivity contribution in [2.45, 2.75) is 6.42 Å². The summed E-state index contributed by atoms with van der Waals surface area (Å²) in [6.07, 6.45) is 0.619. The summed E-state index contributed by atoms with van der Waals surface area (Å²) in [5.74, 6) is 0. The predicted octanol–water partition coefficient (Wildman–Crippen LogP) is -0.132. The molecule has 0 atom stereocenters. The summed E-state index contributed by atoms with van der Waals surface area (Å²) < 4.78 is 1.59. The van der Waals surface area contributed by atoms with Gasteiger partial charge in [-0.2, -0.15) is 0 Å². The number of nitrogens with zero attached hydrogens (tertiary/aromatic N) is 1. The Kier molecular flexibility index (Phi) is 2.36. The highest BCUT2D eigenvalue weighted by Gasteiger charge is 2.08. The first-order valence-electron chi connectivity index (χ1n) is 3.30. The van der Waals surface area contributed by atoms with Gasteiger partial charge in [-0.15, -0.1) is 0 Å². The third-order valence-corrected chi connectivity index (χ3v) is 1.90. The fourth-order valence-electron chi connectivity index (χ4n) is 0.961. The lowest BCUT2D eigenvalue weighted by atomic mass is 10.3. The van der Waals surface area contributed by atoms with Crippen molar-refractivity contribution in [1.82, 2.24) is 9.78 Å². The average molecular weight is 176 g/mol. The highest BCUT2D eigenvalue weighted by Crippen LogP contribution is 2.08. The van der Waals surface area contributed by atoms with Gasteiger partial charge in [-0.3, -0.25) is 14.6 Å². The third kappa shape index (κ3) is 1.46. The molecule has 0 unspecified atom stereocenters. The van der Waals surface area contributed by atoms with E-state index >= 15 is 0 Å². The van der Waals surface area contributed by atoms with Crippen molar-refractivity contribution >= 4 is 11.6 Å². The molecule has 1 aromatic heterocycles. The maximum absolute atomic E-state index is 10.9. The molecular formula is C6H10ClN3O. The molecule has 1 aromatic rings. The summed E-state index contributed by atoms with van der Waals surface area (Å²) in [4.78, 5) is 10.9. The molecule has 0 aliphatic heterocycles. The molecule has 0 amide bonds. The summed E-state index contributed by atoms with van der Waals surface area (Å²) in [6, 6.07) is 0. The molecule has 1 heterocycles. The Labute approximate surface area is 68.9 Å². The maximum atomic E-state index is 10.9. The van der Waals surface area contributed by atoms with Crippen LogP contribution in [0, 0.1) is 0 Å². The van der Waals surface area contributed by atoms with Crippen LogP contribution in [0.2, 0.25) is 5.02 Å². The molecule has 0 aliphatic rings. The minimum atomic E-state index is -0.252. The molecule has 0 saturated heterocycles. The van der Waals surface area contributed by atoms with Crippen LogP contribution in [0.15, 0.2) is 4.79 Å². The van der Waals surface area contributed by atoms with Crippen molar-refractivity contribution in [3.63, 3.8) is 0 Å². The van der Waals surface area contributed by atoms with E-state index in [0.717, 1.165) is 5.69 Å². The molecule has 0 aromatic carbocycles. The van der Waals surface area contributed by atoms with Crippen LogP contribution >= 0.6 is 11.6 Å². The number of nitrogens with one attached hydrogen (secondary N) is 1. The zero-order chi connectivity index (χ0) is 8.43. The normalized spacial score (nSPS) is 10.5. The van der Waals surface area contributed by atoms with Crippen molar-refractivity contribution in [3.8, 4) is 0 Å². The van der Waals surface area contributed by atoms with E-state index in [9.17, 15) is 4.79 Å². The second-order valence-electron chi connectivity index (χ2n) is 2.30. The number of aryl methyl sites for hydroxylation is 1. The van der Waals surface area contributed by atoms with Gasteiger partial charge in [0.05, 0.1) is 5.69 Å². The van der Waals surface area contributed by atoms with Crippen LogP contribution < -0.4 is 11.3 Å². The van der Waals surface area contributed by atoms with E-state index in [0.29, 0.717) is 13.0 Å². The molecular weight excluding hydrogens is 166 g/mol. The first kappa shape index (κ1) is 8.36. The summed E-state index contributed by atoms with van der Waals surface area (Å²) in [7, 11) is 1.73. The lowest BCUT2D eigenvalue weighted by molar-refractivity contribution is 0.700. The molecule has 0 bridgehead atoms. The number of aromatic amines is 1. The SMILES string of the molecule is Cn1[nH]c(=O)c(Cl)c1CCN. The van der Waals surface area contributed by atoms with Crippen LogP contribution in [0.25, 0.3) is 0 Å². The lowest BCUT2D eigenvalue weighted by Gasteiger charge is -1.98. The average Bonchev–Trinajstić information content (AvgIpc) is 2.17. The minimum absolute atomic E-state index is 0.248. The largest absolute Gasteiger partial charge is 0.330 e. The van der Waals surface area contributed by atoms with Gasteiger partial charge in [0.15, 0.2) is 0 Å². The smallest absolute Gasteiger partial charge is 0.283 e. The van der Waals surface area contributed by atoms with Crippen LogP contribution in [0.1, 0.15) is 5.69 Å². The monoisotopic (exact) mass is 175 g/mol. The first-order chi connectivity index (χ1) is 5.16. The topological polar surface area (TPSA) is 63.8 Å². The van der Waals surface area contributed by atoms with Gasteiger partial charge in [0, 0.05) is 13.5 Å². The molecule has 0 radical (unpaired) electrons. The number of hydrogen-bond acceptors (Lipinski definition) is 2.